The topological polar surface area (TPSA) is 76.7 Å². The van der Waals surface area contributed by atoms with Crippen LogP contribution in [0.5, 0.6) is 11.5 Å². The van der Waals surface area contributed by atoms with Crippen molar-refractivity contribution in [1.82, 2.24) is 5.32 Å². The Labute approximate surface area is 143 Å². The van der Waals surface area contributed by atoms with Gasteiger partial charge in [0.05, 0.1) is 12.7 Å². The van der Waals surface area contributed by atoms with Gasteiger partial charge in [0.15, 0.2) is 18.1 Å². The molecule has 3 rings (SSSR count). The quantitative estimate of drug-likeness (QED) is 0.808. The number of hydrogen-bond acceptors (Lipinski definition) is 5. The van der Waals surface area contributed by atoms with E-state index in [4.69, 9.17) is 9.47 Å². The first-order chi connectivity index (χ1) is 11.7. The highest BCUT2D eigenvalue weighted by atomic mass is 32.1. The van der Waals surface area contributed by atoms with Gasteiger partial charge in [-0.3, -0.25) is 9.59 Å². The van der Waals surface area contributed by atoms with Crippen LogP contribution in [-0.4, -0.2) is 31.6 Å². The summed E-state index contributed by atoms with van der Waals surface area (Å²) < 4.78 is 10.8. The third-order valence-corrected chi connectivity index (χ3v) is 4.19. The number of rotatable bonds is 7. The molecule has 1 aromatic heterocycles. The van der Waals surface area contributed by atoms with Crippen LogP contribution in [0.2, 0.25) is 0 Å². The molecule has 0 bridgehead atoms. The highest BCUT2D eigenvalue weighted by Gasteiger charge is 2.23. The summed E-state index contributed by atoms with van der Waals surface area (Å²) in [5.41, 5.74) is 1.17. The minimum atomic E-state index is -0.196. The van der Waals surface area contributed by atoms with E-state index in [2.05, 4.69) is 10.6 Å². The number of ether oxygens (including phenoxy) is 2. The Kier molecular flexibility index (Phi) is 5.00. The zero-order valence-electron chi connectivity index (χ0n) is 13.2. The monoisotopic (exact) mass is 346 g/mol. The maximum atomic E-state index is 12.1. The first-order valence-corrected chi connectivity index (χ1v) is 8.54. The van der Waals surface area contributed by atoms with Crippen LogP contribution in [0.3, 0.4) is 0 Å². The van der Waals surface area contributed by atoms with E-state index in [-0.39, 0.29) is 18.4 Å². The van der Waals surface area contributed by atoms with Crippen molar-refractivity contribution in [3.63, 3.8) is 0 Å². The summed E-state index contributed by atoms with van der Waals surface area (Å²) in [6, 6.07) is 7.10. The van der Waals surface area contributed by atoms with Crippen LogP contribution < -0.4 is 20.1 Å². The summed E-state index contributed by atoms with van der Waals surface area (Å²) in [7, 11) is 1.52. The summed E-state index contributed by atoms with van der Waals surface area (Å²) in [5, 5.41) is 9.27. The fourth-order valence-corrected chi connectivity index (χ4v) is 2.74. The number of anilines is 1. The van der Waals surface area contributed by atoms with Crippen LogP contribution in [0.1, 0.15) is 23.2 Å². The van der Waals surface area contributed by atoms with Gasteiger partial charge in [0.2, 0.25) is 0 Å². The molecule has 126 valence electrons. The molecular weight excluding hydrogens is 328 g/mol. The Hall–Kier alpha value is -2.54. The van der Waals surface area contributed by atoms with Crippen LogP contribution in [0.25, 0.3) is 0 Å². The lowest BCUT2D eigenvalue weighted by molar-refractivity contribution is -0.123. The Balaban J connectivity index is 1.65. The van der Waals surface area contributed by atoms with E-state index in [0.29, 0.717) is 28.8 Å². The molecule has 2 amide bonds. The number of carbonyl (C=O) groups is 2. The van der Waals surface area contributed by atoms with Crippen molar-refractivity contribution in [2.75, 3.05) is 19.0 Å². The van der Waals surface area contributed by atoms with E-state index in [1.54, 1.807) is 29.6 Å². The van der Waals surface area contributed by atoms with Crippen molar-refractivity contribution in [1.29, 1.82) is 0 Å². The number of nitrogens with one attached hydrogen (secondary N) is 2. The third-order valence-electron chi connectivity index (χ3n) is 3.51. The smallest absolute Gasteiger partial charge is 0.258 e. The Bertz CT molecular complexity index is 726. The van der Waals surface area contributed by atoms with Crippen LogP contribution >= 0.6 is 11.3 Å². The van der Waals surface area contributed by atoms with Gasteiger partial charge in [-0.1, -0.05) is 0 Å². The highest BCUT2D eigenvalue weighted by Crippen LogP contribution is 2.30. The van der Waals surface area contributed by atoms with Crippen LogP contribution in [0.4, 0.5) is 5.69 Å². The van der Waals surface area contributed by atoms with Crippen molar-refractivity contribution in [3.05, 3.63) is 40.6 Å². The van der Waals surface area contributed by atoms with Crippen molar-refractivity contribution >= 4 is 28.8 Å². The highest BCUT2D eigenvalue weighted by molar-refractivity contribution is 7.08. The van der Waals surface area contributed by atoms with E-state index < -0.39 is 0 Å². The Morgan fingerprint density at radius 3 is 2.75 bits per heavy atom. The van der Waals surface area contributed by atoms with Gasteiger partial charge < -0.3 is 20.1 Å². The normalized spacial score (nSPS) is 13.2. The lowest BCUT2D eigenvalue weighted by Crippen LogP contribution is -2.30. The Morgan fingerprint density at radius 2 is 2.08 bits per heavy atom. The van der Waals surface area contributed by atoms with Gasteiger partial charge in [0, 0.05) is 23.2 Å². The van der Waals surface area contributed by atoms with Gasteiger partial charge in [0.1, 0.15) is 0 Å². The first-order valence-electron chi connectivity index (χ1n) is 7.59. The molecule has 24 heavy (non-hydrogen) atoms. The standard InChI is InChI=1S/C17H18N2O4S/c1-22-14-5-4-13(19-17(21)11-6-7-24-10-11)8-15(14)23-9-16(20)18-12-2-3-12/h4-8,10,12H,2-3,9H2,1H3,(H,18,20)(H,19,21). The molecule has 0 unspecified atom stereocenters. The van der Waals surface area contributed by atoms with E-state index in [0.717, 1.165) is 12.8 Å². The van der Waals surface area contributed by atoms with Gasteiger partial charge in [-0.05, 0) is 36.4 Å². The molecule has 7 heteroatoms. The summed E-state index contributed by atoms with van der Waals surface area (Å²) >= 11 is 1.46. The molecule has 0 atom stereocenters. The minimum absolute atomic E-state index is 0.0885. The zero-order valence-corrected chi connectivity index (χ0v) is 14.0. The molecule has 0 saturated heterocycles. The van der Waals surface area contributed by atoms with Crippen molar-refractivity contribution in [2.24, 2.45) is 0 Å². The fraction of sp³-hybridized carbons (Fsp3) is 0.294. The molecule has 0 spiro atoms. The number of methoxy groups -OCH3 is 1. The summed E-state index contributed by atoms with van der Waals surface area (Å²) in [4.78, 5) is 23.8. The van der Waals surface area contributed by atoms with Crippen molar-refractivity contribution in [2.45, 2.75) is 18.9 Å². The second kappa shape index (κ2) is 7.35. The molecule has 1 saturated carbocycles. The van der Waals surface area contributed by atoms with Crippen molar-refractivity contribution < 1.29 is 19.1 Å². The fourth-order valence-electron chi connectivity index (χ4n) is 2.10. The molecule has 0 radical (unpaired) electrons. The van der Waals surface area contributed by atoms with Gasteiger partial charge in [-0.25, -0.2) is 0 Å². The predicted octanol–water partition coefficient (Wildman–Crippen LogP) is 2.67. The molecule has 2 aromatic rings. The number of amides is 2. The van der Waals surface area contributed by atoms with E-state index in [1.165, 1.54) is 18.4 Å². The van der Waals surface area contributed by atoms with E-state index >= 15 is 0 Å². The molecule has 1 aromatic carbocycles. The summed E-state index contributed by atoms with van der Waals surface area (Å²) in [6.07, 6.45) is 2.05. The summed E-state index contributed by atoms with van der Waals surface area (Å²) in [5.74, 6) is 0.556. The zero-order chi connectivity index (χ0) is 16.9. The molecule has 1 aliphatic rings. The van der Waals surface area contributed by atoms with Gasteiger partial charge in [-0.15, -0.1) is 0 Å². The van der Waals surface area contributed by atoms with Crippen LogP contribution in [0.15, 0.2) is 35.0 Å². The number of thiophene rings is 1. The molecule has 2 N–H and O–H groups in total. The SMILES string of the molecule is COc1ccc(NC(=O)c2ccsc2)cc1OCC(=O)NC1CC1. The molecule has 6 nitrogen and oxygen atoms in total. The second-order valence-corrected chi connectivity index (χ2v) is 6.24. The lowest BCUT2D eigenvalue weighted by atomic mass is 10.2. The molecule has 1 aliphatic carbocycles. The second-order valence-electron chi connectivity index (χ2n) is 5.46. The molecule has 1 heterocycles. The Morgan fingerprint density at radius 1 is 1.25 bits per heavy atom. The van der Waals surface area contributed by atoms with E-state index in [1.807, 2.05) is 5.38 Å². The number of hydrogen-bond donors (Lipinski definition) is 2. The predicted molar refractivity (Wildman–Crippen MR) is 91.9 cm³/mol. The first kappa shape index (κ1) is 16.3. The largest absolute Gasteiger partial charge is 0.493 e. The average Bonchev–Trinajstić information content (AvgIpc) is 3.21. The van der Waals surface area contributed by atoms with Crippen molar-refractivity contribution in [3.8, 4) is 11.5 Å². The molecule has 0 aliphatic heterocycles. The van der Waals surface area contributed by atoms with Gasteiger partial charge in [0.25, 0.3) is 11.8 Å². The van der Waals surface area contributed by atoms with Gasteiger partial charge >= 0.3 is 0 Å². The maximum Gasteiger partial charge on any atom is 0.258 e. The third kappa shape index (κ3) is 4.26. The average molecular weight is 346 g/mol. The lowest BCUT2D eigenvalue weighted by Gasteiger charge is -2.13. The maximum absolute atomic E-state index is 12.1. The summed E-state index contributed by atoms with van der Waals surface area (Å²) in [6.45, 7) is -0.0885. The molecular formula is C17H18N2O4S. The number of benzene rings is 1. The van der Waals surface area contributed by atoms with Crippen LogP contribution in [-0.2, 0) is 4.79 Å². The molecule has 1 fully saturated rings. The van der Waals surface area contributed by atoms with Crippen LogP contribution in [0, 0.1) is 0 Å². The van der Waals surface area contributed by atoms with Gasteiger partial charge in [-0.2, -0.15) is 11.3 Å². The van der Waals surface area contributed by atoms with E-state index in [9.17, 15) is 9.59 Å². The number of carbonyl (C=O) groups excluding carboxylic acids is 2. The minimum Gasteiger partial charge on any atom is -0.493 e.